The summed E-state index contributed by atoms with van der Waals surface area (Å²) in [5.41, 5.74) is 1.08. The number of carbonyl (C=O) groups excluding carboxylic acids is 1. The SMILES string of the molecule is O=C1OC(c2ccc(F)cc2)=N/C1=C/c1ccc([N+](=O)[O-])cc1. The van der Waals surface area contributed by atoms with Gasteiger partial charge in [-0.2, -0.15) is 0 Å². The molecule has 114 valence electrons. The lowest BCUT2D eigenvalue weighted by Gasteiger charge is -1.98. The first kappa shape index (κ1) is 14.6. The fraction of sp³-hybridized carbons (Fsp3) is 0. The van der Waals surface area contributed by atoms with Crippen molar-refractivity contribution in [3.05, 3.63) is 81.3 Å². The van der Waals surface area contributed by atoms with Gasteiger partial charge in [0.1, 0.15) is 5.82 Å². The summed E-state index contributed by atoms with van der Waals surface area (Å²) in [4.78, 5) is 26.0. The van der Waals surface area contributed by atoms with Gasteiger partial charge in [0.25, 0.3) is 5.69 Å². The molecule has 0 aromatic heterocycles. The van der Waals surface area contributed by atoms with E-state index in [2.05, 4.69) is 4.99 Å². The highest BCUT2D eigenvalue weighted by Gasteiger charge is 2.24. The molecule has 23 heavy (non-hydrogen) atoms. The number of benzene rings is 2. The Morgan fingerprint density at radius 2 is 1.74 bits per heavy atom. The van der Waals surface area contributed by atoms with Crippen LogP contribution < -0.4 is 0 Å². The molecule has 0 fully saturated rings. The van der Waals surface area contributed by atoms with Crippen molar-refractivity contribution in [3.8, 4) is 0 Å². The van der Waals surface area contributed by atoms with E-state index < -0.39 is 16.7 Å². The number of nitrogens with zero attached hydrogens (tertiary/aromatic N) is 2. The van der Waals surface area contributed by atoms with Crippen molar-refractivity contribution in [2.45, 2.75) is 0 Å². The Hall–Kier alpha value is -3.35. The van der Waals surface area contributed by atoms with Crippen molar-refractivity contribution < 1.29 is 18.8 Å². The molecule has 0 unspecified atom stereocenters. The third-order valence-electron chi connectivity index (χ3n) is 3.12. The number of nitro benzene ring substituents is 1. The van der Waals surface area contributed by atoms with Crippen LogP contribution in [0.25, 0.3) is 6.08 Å². The molecule has 0 N–H and O–H groups in total. The van der Waals surface area contributed by atoms with Crippen molar-refractivity contribution in [2.75, 3.05) is 0 Å². The molecule has 0 saturated carbocycles. The largest absolute Gasteiger partial charge is 0.402 e. The van der Waals surface area contributed by atoms with Crippen LogP contribution in [0, 0.1) is 15.9 Å². The maximum absolute atomic E-state index is 12.9. The lowest BCUT2D eigenvalue weighted by atomic mass is 10.2. The van der Waals surface area contributed by atoms with Gasteiger partial charge in [0.05, 0.1) is 4.92 Å². The smallest absolute Gasteiger partial charge is 0.363 e. The summed E-state index contributed by atoms with van der Waals surface area (Å²) in [5.74, 6) is -0.953. The summed E-state index contributed by atoms with van der Waals surface area (Å²) < 4.78 is 17.9. The Kier molecular flexibility index (Phi) is 3.68. The second-order valence-corrected chi connectivity index (χ2v) is 4.69. The second-order valence-electron chi connectivity index (χ2n) is 4.69. The quantitative estimate of drug-likeness (QED) is 0.377. The van der Waals surface area contributed by atoms with Crippen LogP contribution in [-0.4, -0.2) is 16.8 Å². The van der Waals surface area contributed by atoms with Crippen LogP contribution in [0.15, 0.2) is 59.2 Å². The van der Waals surface area contributed by atoms with Crippen molar-refractivity contribution >= 4 is 23.6 Å². The number of non-ortho nitro benzene ring substituents is 1. The van der Waals surface area contributed by atoms with E-state index in [-0.39, 0.29) is 17.3 Å². The van der Waals surface area contributed by atoms with Gasteiger partial charge in [-0.15, -0.1) is 0 Å². The zero-order valence-corrected chi connectivity index (χ0v) is 11.6. The molecule has 0 saturated heterocycles. The number of halogens is 1. The molecule has 6 nitrogen and oxygen atoms in total. The van der Waals surface area contributed by atoms with Gasteiger partial charge >= 0.3 is 5.97 Å². The highest BCUT2D eigenvalue weighted by Crippen LogP contribution is 2.20. The van der Waals surface area contributed by atoms with E-state index in [0.29, 0.717) is 11.1 Å². The Morgan fingerprint density at radius 1 is 1.09 bits per heavy atom. The lowest BCUT2D eigenvalue weighted by molar-refractivity contribution is -0.384. The predicted molar refractivity (Wildman–Crippen MR) is 80.1 cm³/mol. The molecule has 0 atom stereocenters. The Balaban J connectivity index is 1.88. The van der Waals surface area contributed by atoms with Gasteiger partial charge in [-0.3, -0.25) is 10.1 Å². The number of hydrogen-bond donors (Lipinski definition) is 0. The van der Waals surface area contributed by atoms with Gasteiger partial charge < -0.3 is 4.74 Å². The van der Waals surface area contributed by atoms with Crippen LogP contribution in [0.2, 0.25) is 0 Å². The first-order valence-corrected chi connectivity index (χ1v) is 6.56. The number of rotatable bonds is 3. The average Bonchev–Trinajstić information content (AvgIpc) is 2.89. The summed E-state index contributed by atoms with van der Waals surface area (Å²) >= 11 is 0. The van der Waals surface area contributed by atoms with Crippen LogP contribution >= 0.6 is 0 Å². The van der Waals surface area contributed by atoms with Gasteiger partial charge in [0.2, 0.25) is 5.90 Å². The molecule has 1 aliphatic rings. The third-order valence-corrected chi connectivity index (χ3v) is 3.12. The summed E-state index contributed by atoms with van der Waals surface area (Å²) in [6.45, 7) is 0. The van der Waals surface area contributed by atoms with E-state index in [1.807, 2.05) is 0 Å². The molecule has 0 radical (unpaired) electrons. The molecule has 0 aliphatic carbocycles. The first-order valence-electron chi connectivity index (χ1n) is 6.56. The zero-order chi connectivity index (χ0) is 16.4. The average molecular weight is 312 g/mol. The van der Waals surface area contributed by atoms with Gasteiger partial charge in [0.15, 0.2) is 5.70 Å². The highest BCUT2D eigenvalue weighted by atomic mass is 19.1. The molecular weight excluding hydrogens is 303 g/mol. The molecule has 1 heterocycles. The maximum atomic E-state index is 12.9. The molecule has 0 amide bonds. The monoisotopic (exact) mass is 312 g/mol. The van der Waals surface area contributed by atoms with E-state index in [1.54, 1.807) is 0 Å². The number of cyclic esters (lactones) is 1. The fourth-order valence-electron chi connectivity index (χ4n) is 1.98. The van der Waals surface area contributed by atoms with E-state index in [1.165, 1.54) is 54.6 Å². The van der Waals surface area contributed by atoms with Gasteiger partial charge in [-0.1, -0.05) is 0 Å². The molecule has 0 spiro atoms. The van der Waals surface area contributed by atoms with Crippen molar-refractivity contribution in [1.29, 1.82) is 0 Å². The van der Waals surface area contributed by atoms with E-state index in [9.17, 15) is 19.3 Å². The fourth-order valence-corrected chi connectivity index (χ4v) is 1.98. The minimum absolute atomic E-state index is 0.0448. The van der Waals surface area contributed by atoms with Crippen molar-refractivity contribution in [1.82, 2.24) is 0 Å². The Labute approximate surface area is 129 Å². The maximum Gasteiger partial charge on any atom is 0.363 e. The van der Waals surface area contributed by atoms with Gasteiger partial charge in [0, 0.05) is 17.7 Å². The number of carbonyl (C=O) groups is 1. The topological polar surface area (TPSA) is 81.8 Å². The molecule has 2 aromatic rings. The van der Waals surface area contributed by atoms with Crippen molar-refractivity contribution in [3.63, 3.8) is 0 Å². The third kappa shape index (κ3) is 3.13. The number of esters is 1. The van der Waals surface area contributed by atoms with Crippen LogP contribution in [0.3, 0.4) is 0 Å². The molecular formula is C16H9FN2O4. The van der Waals surface area contributed by atoms with E-state index >= 15 is 0 Å². The second kappa shape index (κ2) is 5.80. The number of nitro groups is 1. The summed E-state index contributed by atoms with van der Waals surface area (Å²) in [6, 6.07) is 11.1. The van der Waals surface area contributed by atoms with Crippen molar-refractivity contribution in [2.24, 2.45) is 4.99 Å². The Bertz CT molecular complexity index is 839. The molecule has 2 aromatic carbocycles. The zero-order valence-electron chi connectivity index (χ0n) is 11.6. The van der Waals surface area contributed by atoms with E-state index in [4.69, 9.17) is 4.74 Å². The standard InChI is InChI=1S/C16H9FN2O4/c17-12-5-3-11(4-6-12)15-18-14(16(20)23-15)9-10-1-7-13(8-2-10)19(21)22/h1-9H/b14-9+. The summed E-state index contributed by atoms with van der Waals surface area (Å²) in [5, 5.41) is 10.6. The van der Waals surface area contributed by atoms with Crippen LogP contribution in [0.5, 0.6) is 0 Å². The first-order chi connectivity index (χ1) is 11.0. The van der Waals surface area contributed by atoms with Gasteiger partial charge in [-0.25, -0.2) is 14.2 Å². The Morgan fingerprint density at radius 3 is 2.35 bits per heavy atom. The number of aliphatic imine (C=N–C) groups is 1. The van der Waals surface area contributed by atoms with Gasteiger partial charge in [-0.05, 0) is 48.0 Å². The molecule has 0 bridgehead atoms. The lowest BCUT2D eigenvalue weighted by Crippen LogP contribution is -2.05. The number of hydrogen-bond acceptors (Lipinski definition) is 5. The van der Waals surface area contributed by atoms with Crippen LogP contribution in [-0.2, 0) is 9.53 Å². The minimum Gasteiger partial charge on any atom is -0.402 e. The normalized spacial score (nSPS) is 15.4. The number of ether oxygens (including phenoxy) is 1. The summed E-state index contributed by atoms with van der Waals surface area (Å²) in [6.07, 6.45) is 1.46. The summed E-state index contributed by atoms with van der Waals surface area (Å²) in [7, 11) is 0. The molecule has 7 heteroatoms. The minimum atomic E-state index is -0.636. The van der Waals surface area contributed by atoms with Crippen LogP contribution in [0.4, 0.5) is 10.1 Å². The predicted octanol–water partition coefficient (Wildman–Crippen LogP) is 3.08. The molecule has 3 rings (SSSR count). The highest BCUT2D eigenvalue weighted by molar-refractivity contribution is 6.12. The van der Waals surface area contributed by atoms with Crippen LogP contribution in [0.1, 0.15) is 11.1 Å². The molecule has 1 aliphatic heterocycles. The van der Waals surface area contributed by atoms with E-state index in [0.717, 1.165) is 0 Å².